The molecule has 4 nitrogen and oxygen atoms in total. The molecule has 0 spiro atoms. The molecule has 2 rings (SSSR count). The monoisotopic (exact) mass is 268 g/mol. The van der Waals surface area contributed by atoms with E-state index in [1.165, 1.54) is 6.20 Å². The average molecular weight is 269 g/mol. The first-order valence-corrected chi connectivity index (χ1v) is 6.28. The lowest BCUT2D eigenvalue weighted by Gasteiger charge is -2.51. The first kappa shape index (κ1) is 13.3. The van der Waals surface area contributed by atoms with E-state index < -0.39 is 0 Å². The van der Waals surface area contributed by atoms with Gasteiger partial charge in [0.1, 0.15) is 5.15 Å². The molecular weight excluding hydrogens is 252 g/mol. The maximum atomic E-state index is 12.0. The van der Waals surface area contributed by atoms with E-state index in [0.29, 0.717) is 10.7 Å². The molecule has 2 unspecified atom stereocenters. The normalized spacial score (nSPS) is 25.3. The number of hydrogen-bond donors (Lipinski definition) is 1. The number of hydrogen-bond acceptors (Lipinski definition) is 3. The van der Waals surface area contributed by atoms with Crippen LogP contribution in [0.5, 0.6) is 0 Å². The third kappa shape index (κ3) is 2.35. The third-order valence-corrected chi connectivity index (χ3v) is 3.98. The van der Waals surface area contributed by atoms with Gasteiger partial charge in [0.25, 0.3) is 5.91 Å². The molecule has 1 fully saturated rings. The van der Waals surface area contributed by atoms with E-state index in [1.807, 2.05) is 0 Å². The Morgan fingerprint density at radius 3 is 2.78 bits per heavy atom. The molecule has 2 atom stereocenters. The van der Waals surface area contributed by atoms with E-state index in [0.717, 1.165) is 6.42 Å². The molecule has 98 valence electrons. The van der Waals surface area contributed by atoms with Gasteiger partial charge in [-0.25, -0.2) is 4.98 Å². The van der Waals surface area contributed by atoms with Gasteiger partial charge in [-0.1, -0.05) is 25.4 Å². The lowest BCUT2D eigenvalue weighted by molar-refractivity contribution is -0.0942. The number of carbonyl (C=O) groups is 1. The van der Waals surface area contributed by atoms with E-state index in [2.05, 4.69) is 24.1 Å². The van der Waals surface area contributed by atoms with Crippen LogP contribution in [0.2, 0.25) is 5.15 Å². The zero-order valence-electron chi connectivity index (χ0n) is 10.7. The van der Waals surface area contributed by atoms with E-state index in [1.54, 1.807) is 19.2 Å². The number of aromatic nitrogens is 1. The summed E-state index contributed by atoms with van der Waals surface area (Å²) in [5.41, 5.74) is 0.487. The van der Waals surface area contributed by atoms with Crippen LogP contribution in [0.1, 0.15) is 30.6 Å². The Labute approximate surface area is 112 Å². The van der Waals surface area contributed by atoms with Crippen LogP contribution in [0.15, 0.2) is 18.3 Å². The largest absolute Gasteiger partial charge is 0.381 e. The van der Waals surface area contributed by atoms with Crippen LogP contribution in [0.25, 0.3) is 0 Å². The molecule has 1 amide bonds. The number of rotatable bonds is 3. The molecule has 0 bridgehead atoms. The predicted octanol–water partition coefficient (Wildman–Crippen LogP) is 2.28. The maximum absolute atomic E-state index is 12.0. The highest BCUT2D eigenvalue weighted by Gasteiger charge is 2.49. The molecule has 5 heteroatoms. The van der Waals surface area contributed by atoms with Gasteiger partial charge in [0.15, 0.2) is 0 Å². The first-order chi connectivity index (χ1) is 8.45. The van der Waals surface area contributed by atoms with Gasteiger partial charge in [0, 0.05) is 24.8 Å². The summed E-state index contributed by atoms with van der Waals surface area (Å²) in [5, 5.41) is 3.39. The Kier molecular flexibility index (Phi) is 3.59. The molecule has 0 saturated heterocycles. The van der Waals surface area contributed by atoms with Crippen molar-refractivity contribution in [1.29, 1.82) is 0 Å². The highest BCUT2D eigenvalue weighted by Crippen LogP contribution is 2.42. The Balaban J connectivity index is 1.99. The van der Waals surface area contributed by atoms with E-state index in [9.17, 15) is 4.79 Å². The van der Waals surface area contributed by atoms with Crippen LogP contribution in [-0.2, 0) is 4.74 Å². The van der Waals surface area contributed by atoms with E-state index >= 15 is 0 Å². The average Bonchev–Trinajstić information content (AvgIpc) is 2.34. The van der Waals surface area contributed by atoms with Crippen LogP contribution in [0, 0.1) is 5.41 Å². The summed E-state index contributed by atoms with van der Waals surface area (Å²) in [6, 6.07) is 3.41. The summed E-state index contributed by atoms with van der Waals surface area (Å²) in [6.07, 6.45) is 2.53. The van der Waals surface area contributed by atoms with Crippen molar-refractivity contribution < 1.29 is 9.53 Å². The van der Waals surface area contributed by atoms with Crippen molar-refractivity contribution in [3.05, 3.63) is 29.0 Å². The number of carbonyl (C=O) groups excluding carboxylic acids is 1. The Morgan fingerprint density at radius 1 is 1.56 bits per heavy atom. The minimum atomic E-state index is -0.119. The molecule has 1 aromatic rings. The van der Waals surface area contributed by atoms with E-state index in [4.69, 9.17) is 16.3 Å². The molecule has 1 heterocycles. The van der Waals surface area contributed by atoms with Gasteiger partial charge in [0.05, 0.1) is 11.7 Å². The highest BCUT2D eigenvalue weighted by atomic mass is 35.5. The number of halogens is 1. The number of pyridine rings is 1. The van der Waals surface area contributed by atoms with Gasteiger partial charge in [-0.3, -0.25) is 4.79 Å². The molecule has 0 aliphatic heterocycles. The molecule has 0 radical (unpaired) electrons. The maximum Gasteiger partial charge on any atom is 0.253 e. The summed E-state index contributed by atoms with van der Waals surface area (Å²) in [5.74, 6) is -0.119. The second-order valence-corrected chi connectivity index (χ2v) is 5.56. The second-order valence-electron chi connectivity index (χ2n) is 5.18. The lowest BCUT2D eigenvalue weighted by atomic mass is 9.64. The molecule has 1 aromatic heterocycles. The number of methoxy groups -OCH3 is 1. The van der Waals surface area contributed by atoms with Crippen molar-refractivity contribution in [3.63, 3.8) is 0 Å². The fraction of sp³-hybridized carbons (Fsp3) is 0.538. The lowest BCUT2D eigenvalue weighted by Crippen LogP contribution is -2.61. The topological polar surface area (TPSA) is 51.2 Å². The number of nitrogens with one attached hydrogen (secondary N) is 1. The van der Waals surface area contributed by atoms with Crippen molar-refractivity contribution in [2.75, 3.05) is 7.11 Å². The molecular formula is C13H17ClN2O2. The fourth-order valence-electron chi connectivity index (χ4n) is 2.28. The second kappa shape index (κ2) is 4.86. The quantitative estimate of drug-likeness (QED) is 0.856. The van der Waals surface area contributed by atoms with Gasteiger partial charge in [-0.05, 0) is 18.6 Å². The standard InChI is InChI=1S/C13H17ClN2O2/c1-13(2)9(6-10(13)18-3)16-12(17)8-4-5-11(14)15-7-8/h4-5,7,9-10H,6H2,1-3H3,(H,16,17). The summed E-state index contributed by atoms with van der Waals surface area (Å²) < 4.78 is 5.35. The molecule has 1 N–H and O–H groups in total. The minimum absolute atomic E-state index is 0.0374. The van der Waals surface area contributed by atoms with Crippen molar-refractivity contribution in [1.82, 2.24) is 10.3 Å². The smallest absolute Gasteiger partial charge is 0.253 e. The van der Waals surface area contributed by atoms with Crippen molar-refractivity contribution in [2.45, 2.75) is 32.4 Å². The molecule has 1 saturated carbocycles. The van der Waals surface area contributed by atoms with Crippen LogP contribution in [-0.4, -0.2) is 30.1 Å². The van der Waals surface area contributed by atoms with Crippen LogP contribution in [0.3, 0.4) is 0 Å². The Bertz CT molecular complexity index is 445. The fourth-order valence-corrected chi connectivity index (χ4v) is 2.39. The Morgan fingerprint density at radius 2 is 2.28 bits per heavy atom. The number of nitrogens with zero attached hydrogens (tertiary/aromatic N) is 1. The van der Waals surface area contributed by atoms with Crippen LogP contribution < -0.4 is 5.32 Å². The zero-order chi connectivity index (χ0) is 13.3. The molecule has 1 aliphatic rings. The SMILES string of the molecule is COC1CC(NC(=O)c2ccc(Cl)nc2)C1(C)C. The summed E-state index contributed by atoms with van der Waals surface area (Å²) in [6.45, 7) is 4.19. The van der Waals surface area contributed by atoms with Crippen molar-refractivity contribution >= 4 is 17.5 Å². The van der Waals surface area contributed by atoms with Gasteiger partial charge >= 0.3 is 0 Å². The molecule has 18 heavy (non-hydrogen) atoms. The molecule has 0 aromatic carbocycles. The highest BCUT2D eigenvalue weighted by molar-refractivity contribution is 6.29. The van der Waals surface area contributed by atoms with Crippen molar-refractivity contribution in [3.8, 4) is 0 Å². The van der Waals surface area contributed by atoms with Crippen LogP contribution >= 0.6 is 11.6 Å². The summed E-state index contributed by atoms with van der Waals surface area (Å²) in [4.78, 5) is 15.9. The van der Waals surface area contributed by atoms with Crippen LogP contribution in [0.4, 0.5) is 0 Å². The number of ether oxygens (including phenoxy) is 1. The molecule has 1 aliphatic carbocycles. The third-order valence-electron chi connectivity index (χ3n) is 3.76. The van der Waals surface area contributed by atoms with Gasteiger partial charge in [0.2, 0.25) is 0 Å². The summed E-state index contributed by atoms with van der Waals surface area (Å²) >= 11 is 5.68. The first-order valence-electron chi connectivity index (χ1n) is 5.90. The van der Waals surface area contributed by atoms with E-state index in [-0.39, 0.29) is 23.5 Å². The predicted molar refractivity (Wildman–Crippen MR) is 69.7 cm³/mol. The number of amides is 1. The minimum Gasteiger partial charge on any atom is -0.381 e. The van der Waals surface area contributed by atoms with Gasteiger partial charge in [-0.15, -0.1) is 0 Å². The van der Waals surface area contributed by atoms with Gasteiger partial charge in [-0.2, -0.15) is 0 Å². The summed E-state index contributed by atoms with van der Waals surface area (Å²) in [7, 11) is 1.70. The van der Waals surface area contributed by atoms with Crippen molar-refractivity contribution in [2.24, 2.45) is 5.41 Å². The zero-order valence-corrected chi connectivity index (χ0v) is 11.5. The van der Waals surface area contributed by atoms with Gasteiger partial charge < -0.3 is 10.1 Å². The Hall–Kier alpha value is -1.13.